The van der Waals surface area contributed by atoms with Gasteiger partial charge in [-0.05, 0) is 49.7 Å². The number of rotatable bonds is 9. The number of nitrogens with zero attached hydrogens (tertiary/aromatic N) is 3. The summed E-state index contributed by atoms with van der Waals surface area (Å²) in [6, 6.07) is 12.5. The molecule has 0 amide bonds. The van der Waals surface area contributed by atoms with Crippen LogP contribution in [0.5, 0.6) is 0 Å². The third-order valence-electron chi connectivity index (χ3n) is 4.24. The fraction of sp³-hybridized carbons (Fsp3) is 0.429. The lowest BCUT2D eigenvalue weighted by atomic mass is 10.1. The lowest BCUT2D eigenvalue weighted by molar-refractivity contribution is 0.345. The van der Waals surface area contributed by atoms with Crippen molar-refractivity contribution in [1.29, 1.82) is 0 Å². The van der Waals surface area contributed by atoms with E-state index in [2.05, 4.69) is 65.7 Å². The molecule has 0 aliphatic rings. The maximum absolute atomic E-state index is 5.83. The predicted octanol–water partition coefficient (Wildman–Crippen LogP) is 4.10. The summed E-state index contributed by atoms with van der Waals surface area (Å²) in [6.45, 7) is 8.51. The fourth-order valence-corrected chi connectivity index (χ4v) is 2.75. The average molecular weight is 516 g/mol. The van der Waals surface area contributed by atoms with Crippen LogP contribution in [0.25, 0.3) is 0 Å². The summed E-state index contributed by atoms with van der Waals surface area (Å²) in [5.74, 6) is 0.829. The molecule has 0 fully saturated rings. The fourth-order valence-electron chi connectivity index (χ4n) is 2.64. The van der Waals surface area contributed by atoms with E-state index in [1.807, 2.05) is 18.3 Å². The van der Waals surface area contributed by atoms with Crippen molar-refractivity contribution in [1.82, 2.24) is 20.5 Å². The molecule has 0 radical (unpaired) electrons. The Hall–Kier alpha value is -1.38. The van der Waals surface area contributed by atoms with Crippen LogP contribution < -0.4 is 10.6 Å². The van der Waals surface area contributed by atoms with Crippen LogP contribution in [0.3, 0.4) is 0 Å². The molecule has 0 saturated heterocycles. The van der Waals surface area contributed by atoms with E-state index in [1.54, 1.807) is 0 Å². The summed E-state index contributed by atoms with van der Waals surface area (Å²) in [5.41, 5.74) is 3.69. The zero-order valence-electron chi connectivity index (χ0n) is 16.9. The molecule has 0 saturated carbocycles. The first kappa shape index (κ1) is 24.7. The van der Waals surface area contributed by atoms with Gasteiger partial charge in [-0.3, -0.25) is 0 Å². The van der Waals surface area contributed by atoms with Gasteiger partial charge < -0.3 is 15.5 Å². The van der Waals surface area contributed by atoms with Gasteiger partial charge in [-0.1, -0.05) is 48.9 Å². The SMILES string of the molecule is CCNC(=NCc1cccc(CN(C)CC)c1)NCCc1ccc(Cl)nc1.I. The smallest absolute Gasteiger partial charge is 0.191 e. The van der Waals surface area contributed by atoms with Gasteiger partial charge in [0, 0.05) is 25.8 Å². The molecule has 28 heavy (non-hydrogen) atoms. The second-order valence-electron chi connectivity index (χ2n) is 6.51. The first-order chi connectivity index (χ1) is 13.1. The first-order valence-corrected chi connectivity index (χ1v) is 9.87. The van der Waals surface area contributed by atoms with Gasteiger partial charge in [0.2, 0.25) is 0 Å². The molecule has 0 atom stereocenters. The summed E-state index contributed by atoms with van der Waals surface area (Å²) < 4.78 is 0. The zero-order valence-corrected chi connectivity index (χ0v) is 20.0. The van der Waals surface area contributed by atoms with Crippen molar-refractivity contribution in [3.8, 4) is 0 Å². The maximum atomic E-state index is 5.83. The van der Waals surface area contributed by atoms with Crippen LogP contribution in [-0.4, -0.2) is 42.5 Å². The van der Waals surface area contributed by atoms with E-state index in [9.17, 15) is 0 Å². The highest BCUT2D eigenvalue weighted by molar-refractivity contribution is 14.0. The molecule has 5 nitrogen and oxygen atoms in total. The standard InChI is InChI=1S/C21H30ClN5.HI/c1-4-23-21(24-12-11-17-9-10-20(22)25-14-17)26-15-18-7-6-8-19(13-18)16-27(3)5-2;/h6-10,13-14H,4-5,11-12,15-16H2,1-3H3,(H2,23,24,26);1H. The highest BCUT2D eigenvalue weighted by Crippen LogP contribution is 2.09. The summed E-state index contributed by atoms with van der Waals surface area (Å²) in [4.78, 5) is 11.1. The molecule has 2 aromatic rings. The number of halogens is 2. The van der Waals surface area contributed by atoms with E-state index in [1.165, 1.54) is 11.1 Å². The Morgan fingerprint density at radius 2 is 1.89 bits per heavy atom. The highest BCUT2D eigenvalue weighted by atomic mass is 127. The molecule has 1 aromatic carbocycles. The van der Waals surface area contributed by atoms with Gasteiger partial charge in [-0.15, -0.1) is 24.0 Å². The van der Waals surface area contributed by atoms with Crippen molar-refractivity contribution in [2.45, 2.75) is 33.4 Å². The number of nitrogens with one attached hydrogen (secondary N) is 2. The Morgan fingerprint density at radius 1 is 1.11 bits per heavy atom. The molecule has 2 rings (SSSR count). The van der Waals surface area contributed by atoms with E-state index in [0.29, 0.717) is 11.7 Å². The van der Waals surface area contributed by atoms with Crippen molar-refractivity contribution < 1.29 is 0 Å². The molecule has 0 bridgehead atoms. The van der Waals surface area contributed by atoms with Gasteiger partial charge >= 0.3 is 0 Å². The molecular formula is C21H31ClIN5. The second kappa shape index (κ2) is 13.7. The van der Waals surface area contributed by atoms with Crippen LogP contribution in [0.2, 0.25) is 5.15 Å². The third kappa shape index (κ3) is 9.21. The minimum absolute atomic E-state index is 0. The Labute approximate surface area is 191 Å². The van der Waals surface area contributed by atoms with Crippen molar-refractivity contribution in [3.05, 3.63) is 64.4 Å². The molecule has 1 aromatic heterocycles. The quantitative estimate of drug-likeness (QED) is 0.228. The van der Waals surface area contributed by atoms with Crippen LogP contribution in [0.1, 0.15) is 30.5 Å². The van der Waals surface area contributed by atoms with Crippen LogP contribution in [-0.2, 0) is 19.5 Å². The second-order valence-corrected chi connectivity index (χ2v) is 6.90. The maximum Gasteiger partial charge on any atom is 0.191 e. The van der Waals surface area contributed by atoms with Gasteiger partial charge in [0.25, 0.3) is 0 Å². The molecule has 154 valence electrons. The number of pyridine rings is 1. The van der Waals surface area contributed by atoms with Crippen molar-refractivity contribution in [2.75, 3.05) is 26.7 Å². The van der Waals surface area contributed by atoms with E-state index >= 15 is 0 Å². The van der Waals surface area contributed by atoms with Gasteiger partial charge in [-0.2, -0.15) is 0 Å². The lowest BCUT2D eigenvalue weighted by Crippen LogP contribution is -2.38. The average Bonchev–Trinajstić information content (AvgIpc) is 2.68. The summed E-state index contributed by atoms with van der Waals surface area (Å²) in [7, 11) is 2.13. The van der Waals surface area contributed by atoms with Gasteiger partial charge in [0.05, 0.1) is 6.54 Å². The molecular weight excluding hydrogens is 485 g/mol. The molecule has 0 unspecified atom stereocenters. The summed E-state index contributed by atoms with van der Waals surface area (Å²) >= 11 is 5.83. The van der Waals surface area contributed by atoms with Crippen molar-refractivity contribution >= 4 is 41.5 Å². The monoisotopic (exact) mass is 515 g/mol. The Morgan fingerprint density at radius 3 is 2.57 bits per heavy atom. The molecule has 0 aliphatic carbocycles. The van der Waals surface area contributed by atoms with Gasteiger partial charge in [0.1, 0.15) is 5.15 Å². The molecule has 2 N–H and O–H groups in total. The number of hydrogen-bond acceptors (Lipinski definition) is 3. The van der Waals surface area contributed by atoms with Crippen LogP contribution in [0, 0.1) is 0 Å². The molecule has 1 heterocycles. The Balaban J connectivity index is 0.00000392. The summed E-state index contributed by atoms with van der Waals surface area (Å²) in [6.07, 6.45) is 2.68. The van der Waals surface area contributed by atoms with E-state index in [4.69, 9.17) is 16.6 Å². The number of aliphatic imine (C=N–C) groups is 1. The topological polar surface area (TPSA) is 52.6 Å². The van der Waals surface area contributed by atoms with Gasteiger partial charge in [-0.25, -0.2) is 9.98 Å². The first-order valence-electron chi connectivity index (χ1n) is 9.49. The van der Waals surface area contributed by atoms with E-state index in [0.717, 1.165) is 44.1 Å². The van der Waals surface area contributed by atoms with Crippen molar-refractivity contribution in [2.24, 2.45) is 4.99 Å². The molecule has 7 heteroatoms. The van der Waals surface area contributed by atoms with E-state index < -0.39 is 0 Å². The normalized spacial score (nSPS) is 11.2. The number of benzene rings is 1. The molecule has 0 spiro atoms. The van der Waals surface area contributed by atoms with Crippen LogP contribution >= 0.6 is 35.6 Å². The summed E-state index contributed by atoms with van der Waals surface area (Å²) in [5, 5.41) is 7.20. The zero-order chi connectivity index (χ0) is 19.5. The predicted molar refractivity (Wildman–Crippen MR) is 130 cm³/mol. The van der Waals surface area contributed by atoms with Crippen LogP contribution in [0.4, 0.5) is 0 Å². The number of guanidine groups is 1. The number of aromatic nitrogens is 1. The van der Waals surface area contributed by atoms with Gasteiger partial charge in [0.15, 0.2) is 5.96 Å². The largest absolute Gasteiger partial charge is 0.357 e. The Bertz CT molecular complexity index is 721. The Kier molecular flexibility index (Phi) is 12.1. The van der Waals surface area contributed by atoms with Crippen molar-refractivity contribution in [3.63, 3.8) is 0 Å². The minimum Gasteiger partial charge on any atom is -0.357 e. The molecule has 0 aliphatic heterocycles. The lowest BCUT2D eigenvalue weighted by Gasteiger charge is -2.14. The third-order valence-corrected chi connectivity index (χ3v) is 4.47. The highest BCUT2D eigenvalue weighted by Gasteiger charge is 2.02. The van der Waals surface area contributed by atoms with E-state index in [-0.39, 0.29) is 24.0 Å². The number of hydrogen-bond donors (Lipinski definition) is 2. The van der Waals surface area contributed by atoms with Crippen LogP contribution in [0.15, 0.2) is 47.6 Å². The minimum atomic E-state index is 0.